The Kier molecular flexibility index (Phi) is 4.66. The molecule has 3 nitrogen and oxygen atoms in total. The van der Waals surface area contributed by atoms with Crippen LogP contribution in [0.25, 0.3) is 0 Å². The summed E-state index contributed by atoms with van der Waals surface area (Å²) in [6, 6.07) is 10.2. The standard InChI is InChI=1S/C14H19NO2S/c1-11(12-6-4-3-5-7-12)13(18-2)14(16)15-8-9-17-10-15/h3-7,11,13H,8-10H2,1-2H3. The largest absolute Gasteiger partial charge is 0.359 e. The van der Waals surface area contributed by atoms with Crippen LogP contribution in [0, 0.1) is 0 Å². The zero-order chi connectivity index (χ0) is 13.0. The molecule has 1 aliphatic rings. The van der Waals surface area contributed by atoms with Crippen molar-refractivity contribution in [2.75, 3.05) is 26.1 Å². The fourth-order valence-corrected chi connectivity index (χ4v) is 3.13. The first-order valence-corrected chi connectivity index (χ1v) is 7.47. The van der Waals surface area contributed by atoms with E-state index in [9.17, 15) is 4.79 Å². The highest BCUT2D eigenvalue weighted by Gasteiger charge is 2.30. The van der Waals surface area contributed by atoms with Gasteiger partial charge in [-0.15, -0.1) is 0 Å². The Labute approximate surface area is 113 Å². The third-order valence-electron chi connectivity index (χ3n) is 3.34. The predicted octanol–water partition coefficient (Wildman–Crippen LogP) is 2.34. The molecule has 4 heteroatoms. The van der Waals surface area contributed by atoms with E-state index in [2.05, 4.69) is 19.1 Å². The van der Waals surface area contributed by atoms with E-state index >= 15 is 0 Å². The van der Waals surface area contributed by atoms with E-state index in [0.717, 1.165) is 6.54 Å². The second-order valence-corrected chi connectivity index (χ2v) is 5.47. The molecular weight excluding hydrogens is 246 g/mol. The smallest absolute Gasteiger partial charge is 0.238 e. The van der Waals surface area contributed by atoms with Gasteiger partial charge in [-0.05, 0) is 11.8 Å². The van der Waals surface area contributed by atoms with Crippen LogP contribution in [-0.4, -0.2) is 42.2 Å². The Balaban J connectivity index is 2.10. The molecule has 0 bridgehead atoms. The van der Waals surface area contributed by atoms with Crippen LogP contribution in [0.2, 0.25) is 0 Å². The molecule has 1 amide bonds. The lowest BCUT2D eigenvalue weighted by atomic mass is 9.97. The number of carbonyl (C=O) groups is 1. The van der Waals surface area contributed by atoms with Crippen molar-refractivity contribution >= 4 is 17.7 Å². The molecule has 2 atom stereocenters. The van der Waals surface area contributed by atoms with Crippen LogP contribution in [0.5, 0.6) is 0 Å². The van der Waals surface area contributed by atoms with Crippen molar-refractivity contribution in [3.8, 4) is 0 Å². The summed E-state index contributed by atoms with van der Waals surface area (Å²) < 4.78 is 5.25. The van der Waals surface area contributed by atoms with E-state index in [0.29, 0.717) is 13.3 Å². The van der Waals surface area contributed by atoms with Gasteiger partial charge in [-0.1, -0.05) is 37.3 Å². The van der Waals surface area contributed by atoms with Crippen molar-refractivity contribution in [1.29, 1.82) is 0 Å². The molecule has 0 N–H and O–H groups in total. The van der Waals surface area contributed by atoms with Gasteiger partial charge in [0.05, 0.1) is 11.9 Å². The highest BCUT2D eigenvalue weighted by atomic mass is 32.2. The Morgan fingerprint density at radius 1 is 1.39 bits per heavy atom. The van der Waals surface area contributed by atoms with Crippen molar-refractivity contribution in [1.82, 2.24) is 4.90 Å². The summed E-state index contributed by atoms with van der Waals surface area (Å²) in [4.78, 5) is 14.2. The van der Waals surface area contributed by atoms with Crippen molar-refractivity contribution in [2.24, 2.45) is 0 Å². The van der Waals surface area contributed by atoms with Crippen LogP contribution < -0.4 is 0 Å². The van der Waals surface area contributed by atoms with E-state index in [1.165, 1.54) is 5.56 Å². The molecule has 0 radical (unpaired) electrons. The van der Waals surface area contributed by atoms with Gasteiger partial charge in [0.1, 0.15) is 6.73 Å². The molecule has 0 spiro atoms. The maximum absolute atomic E-state index is 12.4. The third-order valence-corrected chi connectivity index (χ3v) is 4.46. The average molecular weight is 265 g/mol. The van der Waals surface area contributed by atoms with Crippen LogP contribution in [-0.2, 0) is 9.53 Å². The van der Waals surface area contributed by atoms with Gasteiger partial charge >= 0.3 is 0 Å². The van der Waals surface area contributed by atoms with Gasteiger partial charge in [0.15, 0.2) is 0 Å². The minimum atomic E-state index is -0.0332. The van der Waals surface area contributed by atoms with E-state index in [4.69, 9.17) is 4.74 Å². The van der Waals surface area contributed by atoms with Crippen molar-refractivity contribution in [3.05, 3.63) is 35.9 Å². The van der Waals surface area contributed by atoms with Gasteiger partial charge in [0.25, 0.3) is 0 Å². The van der Waals surface area contributed by atoms with E-state index < -0.39 is 0 Å². The summed E-state index contributed by atoms with van der Waals surface area (Å²) >= 11 is 1.62. The molecule has 98 valence electrons. The van der Waals surface area contributed by atoms with Crippen molar-refractivity contribution in [3.63, 3.8) is 0 Å². The number of ether oxygens (including phenoxy) is 1. The van der Waals surface area contributed by atoms with Crippen LogP contribution in [0.15, 0.2) is 30.3 Å². The molecule has 0 aromatic heterocycles. The highest BCUT2D eigenvalue weighted by molar-refractivity contribution is 8.00. The molecule has 1 aliphatic heterocycles. The topological polar surface area (TPSA) is 29.5 Å². The zero-order valence-corrected chi connectivity index (χ0v) is 11.7. The number of hydrogen-bond donors (Lipinski definition) is 0. The molecule has 2 rings (SSSR count). The lowest BCUT2D eigenvalue weighted by Gasteiger charge is -2.25. The number of benzene rings is 1. The number of hydrogen-bond acceptors (Lipinski definition) is 3. The van der Waals surface area contributed by atoms with Gasteiger partial charge in [0, 0.05) is 12.5 Å². The fourth-order valence-electron chi connectivity index (χ4n) is 2.22. The third kappa shape index (κ3) is 2.87. The van der Waals surface area contributed by atoms with E-state index in [1.807, 2.05) is 24.5 Å². The Hall–Kier alpha value is -1.00. The molecule has 1 aromatic carbocycles. The van der Waals surface area contributed by atoms with E-state index in [1.54, 1.807) is 16.7 Å². The lowest BCUT2D eigenvalue weighted by molar-refractivity contribution is -0.131. The van der Waals surface area contributed by atoms with Crippen molar-refractivity contribution < 1.29 is 9.53 Å². The molecule has 1 heterocycles. The SMILES string of the molecule is CSC(C(=O)N1CCOC1)C(C)c1ccccc1. The molecule has 1 aromatic rings. The molecule has 1 saturated heterocycles. The number of nitrogens with zero attached hydrogens (tertiary/aromatic N) is 1. The van der Waals surface area contributed by atoms with Gasteiger partial charge in [-0.3, -0.25) is 4.79 Å². The van der Waals surface area contributed by atoms with Crippen molar-refractivity contribution in [2.45, 2.75) is 18.1 Å². The van der Waals surface area contributed by atoms with Gasteiger partial charge in [-0.25, -0.2) is 0 Å². The molecule has 1 fully saturated rings. The minimum absolute atomic E-state index is 0.0332. The van der Waals surface area contributed by atoms with Gasteiger partial charge in [-0.2, -0.15) is 11.8 Å². The molecule has 0 aliphatic carbocycles. The first kappa shape index (κ1) is 13.4. The van der Waals surface area contributed by atoms with Crippen LogP contribution in [0.1, 0.15) is 18.4 Å². The first-order chi connectivity index (χ1) is 8.74. The summed E-state index contributed by atoms with van der Waals surface area (Å²) in [6.45, 7) is 3.94. The monoisotopic (exact) mass is 265 g/mol. The van der Waals surface area contributed by atoms with Crippen LogP contribution in [0.4, 0.5) is 0 Å². The van der Waals surface area contributed by atoms with Gasteiger partial charge in [0.2, 0.25) is 5.91 Å². The second kappa shape index (κ2) is 6.25. The Morgan fingerprint density at radius 3 is 2.67 bits per heavy atom. The van der Waals surface area contributed by atoms with Crippen LogP contribution in [0.3, 0.4) is 0 Å². The first-order valence-electron chi connectivity index (χ1n) is 6.18. The molecule has 0 saturated carbocycles. The Bertz CT molecular complexity index is 390. The van der Waals surface area contributed by atoms with Crippen LogP contribution >= 0.6 is 11.8 Å². The summed E-state index contributed by atoms with van der Waals surface area (Å²) in [5, 5.41) is -0.0332. The average Bonchev–Trinajstić information content (AvgIpc) is 2.94. The maximum atomic E-state index is 12.4. The normalized spacial score (nSPS) is 18.7. The molecule has 2 unspecified atom stereocenters. The second-order valence-electron chi connectivity index (χ2n) is 4.49. The summed E-state index contributed by atoms with van der Waals surface area (Å²) in [6.07, 6.45) is 2.00. The fraction of sp³-hybridized carbons (Fsp3) is 0.500. The number of carbonyl (C=O) groups excluding carboxylic acids is 1. The number of amides is 1. The maximum Gasteiger partial charge on any atom is 0.238 e. The zero-order valence-electron chi connectivity index (χ0n) is 10.8. The van der Waals surface area contributed by atoms with E-state index in [-0.39, 0.29) is 17.1 Å². The predicted molar refractivity (Wildman–Crippen MR) is 74.7 cm³/mol. The minimum Gasteiger partial charge on any atom is -0.359 e. The number of thioether (sulfide) groups is 1. The highest BCUT2D eigenvalue weighted by Crippen LogP contribution is 2.28. The number of rotatable bonds is 4. The molecule has 18 heavy (non-hydrogen) atoms. The quantitative estimate of drug-likeness (QED) is 0.837. The summed E-state index contributed by atoms with van der Waals surface area (Å²) in [5.74, 6) is 0.408. The lowest BCUT2D eigenvalue weighted by Crippen LogP contribution is -2.38. The summed E-state index contributed by atoms with van der Waals surface area (Å²) in [5.41, 5.74) is 1.21. The Morgan fingerprint density at radius 2 is 2.11 bits per heavy atom. The van der Waals surface area contributed by atoms with Gasteiger partial charge < -0.3 is 9.64 Å². The molecular formula is C14H19NO2S. The summed E-state index contributed by atoms with van der Waals surface area (Å²) in [7, 11) is 0.